The Hall–Kier alpha value is -2.57. The van der Waals surface area contributed by atoms with Crippen molar-refractivity contribution in [1.82, 2.24) is 15.2 Å². The highest BCUT2D eigenvalue weighted by atomic mass is 19.1. The number of nitrogens with zero attached hydrogens (tertiary/aromatic N) is 2. The highest BCUT2D eigenvalue weighted by Gasteiger charge is 2.21. The van der Waals surface area contributed by atoms with Crippen molar-refractivity contribution >= 4 is 5.78 Å². The Balaban J connectivity index is 1.65. The molecule has 0 bridgehead atoms. The van der Waals surface area contributed by atoms with E-state index in [1.54, 1.807) is 12.3 Å². The lowest BCUT2D eigenvalue weighted by atomic mass is 9.97. The minimum absolute atomic E-state index is 0.0435. The molecule has 1 aliphatic rings. The minimum atomic E-state index is -1.18. The highest BCUT2D eigenvalue weighted by molar-refractivity contribution is 5.96. The molecule has 1 aliphatic heterocycles. The molecule has 0 spiro atoms. The van der Waals surface area contributed by atoms with Crippen molar-refractivity contribution in [1.29, 1.82) is 0 Å². The highest BCUT2D eigenvalue weighted by Crippen LogP contribution is 2.25. The number of likely N-dealkylation sites (tertiary alicyclic amines) is 1. The molecule has 6 heteroatoms. The summed E-state index contributed by atoms with van der Waals surface area (Å²) in [7, 11) is 0. The van der Waals surface area contributed by atoms with Gasteiger partial charge in [-0.2, -0.15) is 0 Å². The summed E-state index contributed by atoms with van der Waals surface area (Å²) in [6.45, 7) is 9.43. The second-order valence-corrected chi connectivity index (χ2v) is 7.85. The Morgan fingerprint density at radius 2 is 1.90 bits per heavy atom. The van der Waals surface area contributed by atoms with Gasteiger partial charge in [-0.1, -0.05) is 43.8 Å². The number of ketones is 1. The molecule has 2 heterocycles. The van der Waals surface area contributed by atoms with Crippen molar-refractivity contribution in [2.45, 2.75) is 45.0 Å². The lowest BCUT2D eigenvalue weighted by molar-refractivity contribution is 0.0870. The van der Waals surface area contributed by atoms with E-state index in [9.17, 15) is 14.3 Å². The lowest BCUT2D eigenvalue weighted by Crippen LogP contribution is -2.40. The van der Waals surface area contributed by atoms with Crippen LogP contribution in [-0.2, 0) is 0 Å². The number of alkyl halides is 1. The van der Waals surface area contributed by atoms with Crippen LogP contribution in [0.25, 0.3) is 11.1 Å². The number of hydrogen-bond acceptors (Lipinski definition) is 5. The Bertz CT molecular complexity index is 861. The van der Waals surface area contributed by atoms with Crippen molar-refractivity contribution in [3.63, 3.8) is 0 Å². The number of Topliss-reactive ketones (excluding diaryl/α,β-unsaturated/α-hetero) is 1. The summed E-state index contributed by atoms with van der Waals surface area (Å²) in [6, 6.07) is 10.9. The Morgan fingerprint density at radius 3 is 2.40 bits per heavy atom. The summed E-state index contributed by atoms with van der Waals surface area (Å²) >= 11 is 0. The van der Waals surface area contributed by atoms with Gasteiger partial charge in [0.15, 0.2) is 5.78 Å². The standard InChI is InChI=1S/C24H30FN3O2/c1-4-21(27-17(3)16(2)25)24(30)19-8-6-18(7-9-19)20-10-11-22(26-14-20)23(29)15-28-12-5-13-28/h6-11,14,16,21,24,27,30H,3-5,12-13,15H2,1-2H3/t16?,21-,24-/m1/s1. The molecule has 0 saturated carbocycles. The predicted molar refractivity (Wildman–Crippen MR) is 117 cm³/mol. The largest absolute Gasteiger partial charge is 0.386 e. The van der Waals surface area contributed by atoms with Gasteiger partial charge in [-0.25, -0.2) is 4.39 Å². The van der Waals surface area contributed by atoms with Gasteiger partial charge in [-0.3, -0.25) is 14.7 Å². The number of aliphatic hydroxyl groups excluding tert-OH is 1. The molecule has 2 aromatic rings. The third-order valence-corrected chi connectivity index (χ3v) is 5.62. The van der Waals surface area contributed by atoms with E-state index < -0.39 is 12.3 Å². The van der Waals surface area contributed by atoms with Crippen LogP contribution in [0.3, 0.4) is 0 Å². The third-order valence-electron chi connectivity index (χ3n) is 5.62. The van der Waals surface area contributed by atoms with Gasteiger partial charge in [-0.15, -0.1) is 0 Å². The minimum Gasteiger partial charge on any atom is -0.386 e. The van der Waals surface area contributed by atoms with Gasteiger partial charge in [0.05, 0.1) is 18.7 Å². The zero-order valence-corrected chi connectivity index (χ0v) is 17.6. The third kappa shape index (κ3) is 5.32. The molecular formula is C24H30FN3O2. The number of carbonyl (C=O) groups is 1. The van der Waals surface area contributed by atoms with Gasteiger partial charge in [0.2, 0.25) is 0 Å². The summed E-state index contributed by atoms with van der Waals surface area (Å²) in [5, 5.41) is 13.7. The number of allylic oxidation sites excluding steroid dienone is 1. The number of benzene rings is 1. The molecule has 1 unspecified atom stereocenters. The number of aromatic nitrogens is 1. The Morgan fingerprint density at radius 1 is 1.23 bits per heavy atom. The van der Waals surface area contributed by atoms with E-state index in [1.807, 2.05) is 37.3 Å². The van der Waals surface area contributed by atoms with Crippen LogP contribution >= 0.6 is 0 Å². The van der Waals surface area contributed by atoms with Crippen molar-refractivity contribution in [3.05, 3.63) is 66.1 Å². The van der Waals surface area contributed by atoms with Crippen LogP contribution in [0.2, 0.25) is 0 Å². The molecule has 1 fully saturated rings. The summed E-state index contributed by atoms with van der Waals surface area (Å²) in [5.41, 5.74) is 3.35. The number of halogens is 1. The molecule has 0 radical (unpaired) electrons. The smallest absolute Gasteiger partial charge is 0.195 e. The maximum Gasteiger partial charge on any atom is 0.195 e. The maximum absolute atomic E-state index is 13.4. The van der Waals surface area contributed by atoms with Crippen LogP contribution in [-0.4, -0.2) is 52.6 Å². The van der Waals surface area contributed by atoms with Gasteiger partial charge in [0, 0.05) is 17.5 Å². The predicted octanol–water partition coefficient (Wildman–Crippen LogP) is 3.91. The number of pyridine rings is 1. The Labute approximate surface area is 177 Å². The van der Waals surface area contributed by atoms with Crippen LogP contribution in [0.5, 0.6) is 0 Å². The number of rotatable bonds is 10. The van der Waals surface area contributed by atoms with E-state index in [0.717, 1.165) is 36.2 Å². The second kappa shape index (κ2) is 9.96. The Kier molecular flexibility index (Phi) is 7.34. The molecule has 0 amide bonds. The van der Waals surface area contributed by atoms with Crippen LogP contribution in [0.4, 0.5) is 4.39 Å². The van der Waals surface area contributed by atoms with Gasteiger partial charge in [0.25, 0.3) is 0 Å². The van der Waals surface area contributed by atoms with Crippen molar-refractivity contribution < 1.29 is 14.3 Å². The first-order chi connectivity index (χ1) is 14.4. The van der Waals surface area contributed by atoms with Gasteiger partial charge in [0.1, 0.15) is 11.9 Å². The summed E-state index contributed by atoms with van der Waals surface area (Å²) in [5.74, 6) is 0.0435. The normalized spacial score (nSPS) is 16.9. The van der Waals surface area contributed by atoms with Crippen LogP contribution in [0.1, 0.15) is 48.8 Å². The second-order valence-electron chi connectivity index (χ2n) is 7.85. The van der Waals surface area contributed by atoms with Gasteiger partial charge < -0.3 is 10.4 Å². The number of carbonyl (C=O) groups excluding carboxylic acids is 1. The molecule has 1 saturated heterocycles. The van der Waals surface area contributed by atoms with E-state index in [1.165, 1.54) is 6.92 Å². The van der Waals surface area contributed by atoms with Gasteiger partial charge in [-0.05, 0) is 50.0 Å². The summed E-state index contributed by atoms with van der Waals surface area (Å²) in [6.07, 6.45) is 1.54. The van der Waals surface area contributed by atoms with E-state index in [-0.39, 0.29) is 17.5 Å². The molecule has 1 aromatic carbocycles. The van der Waals surface area contributed by atoms with Crippen LogP contribution in [0.15, 0.2) is 54.9 Å². The van der Waals surface area contributed by atoms with Crippen molar-refractivity contribution in [2.75, 3.05) is 19.6 Å². The fraction of sp³-hybridized carbons (Fsp3) is 0.417. The van der Waals surface area contributed by atoms with Crippen molar-refractivity contribution in [3.8, 4) is 11.1 Å². The number of nitrogens with one attached hydrogen (secondary N) is 1. The number of aliphatic hydroxyl groups is 1. The first-order valence-electron chi connectivity index (χ1n) is 10.5. The van der Waals surface area contributed by atoms with Crippen LogP contribution < -0.4 is 5.32 Å². The molecule has 3 atom stereocenters. The SMILES string of the molecule is C=C(N[C@H](CC)[C@H](O)c1ccc(-c2ccc(C(=O)CN3CCC3)nc2)cc1)C(C)F. The number of hydrogen-bond donors (Lipinski definition) is 2. The van der Waals surface area contributed by atoms with Gasteiger partial charge >= 0.3 is 0 Å². The molecule has 2 N–H and O–H groups in total. The summed E-state index contributed by atoms with van der Waals surface area (Å²) in [4.78, 5) is 18.7. The van der Waals surface area contributed by atoms with Crippen LogP contribution in [0, 0.1) is 0 Å². The molecular weight excluding hydrogens is 381 g/mol. The fourth-order valence-electron chi connectivity index (χ4n) is 3.42. The first-order valence-corrected chi connectivity index (χ1v) is 10.5. The molecule has 3 rings (SSSR count). The zero-order valence-electron chi connectivity index (χ0n) is 17.6. The fourth-order valence-corrected chi connectivity index (χ4v) is 3.42. The van der Waals surface area contributed by atoms with E-state index >= 15 is 0 Å². The van der Waals surface area contributed by atoms with E-state index in [4.69, 9.17) is 0 Å². The lowest BCUT2D eigenvalue weighted by Gasteiger charge is -2.29. The monoisotopic (exact) mass is 411 g/mol. The maximum atomic E-state index is 13.4. The molecule has 1 aromatic heterocycles. The van der Waals surface area contributed by atoms with Crippen molar-refractivity contribution in [2.24, 2.45) is 0 Å². The molecule has 5 nitrogen and oxygen atoms in total. The molecule has 30 heavy (non-hydrogen) atoms. The average molecular weight is 412 g/mol. The molecule has 0 aliphatic carbocycles. The first kappa shape index (κ1) is 22.1. The summed E-state index contributed by atoms with van der Waals surface area (Å²) < 4.78 is 13.4. The average Bonchev–Trinajstić information content (AvgIpc) is 2.74. The van der Waals surface area contributed by atoms with E-state index in [2.05, 4.69) is 21.8 Å². The van der Waals surface area contributed by atoms with E-state index in [0.29, 0.717) is 18.7 Å². The molecule has 160 valence electrons. The topological polar surface area (TPSA) is 65.5 Å². The zero-order chi connectivity index (χ0) is 21.7. The quantitative estimate of drug-likeness (QED) is 0.581.